The minimum atomic E-state index is -0.835. The number of para-hydroxylation sites is 1. The zero-order chi connectivity index (χ0) is 16.3. The van der Waals surface area contributed by atoms with Gasteiger partial charge in [-0.1, -0.05) is 23.3 Å². The average Bonchev–Trinajstić information content (AvgIpc) is 3.11. The number of ether oxygens (including phenoxy) is 1. The van der Waals surface area contributed by atoms with Crippen LogP contribution in [0, 0.1) is 5.92 Å². The van der Waals surface area contributed by atoms with E-state index in [0.29, 0.717) is 25.6 Å². The van der Waals surface area contributed by atoms with Gasteiger partial charge >= 0.3 is 0 Å². The quantitative estimate of drug-likeness (QED) is 0.497. The molecule has 1 N–H and O–H groups in total. The molecule has 3 rings (SSSR count). The molecular formula is C17H22N4O2. The Kier molecular flexibility index (Phi) is 4.57. The molecule has 0 radical (unpaired) electrons. The van der Waals surface area contributed by atoms with Crippen molar-refractivity contribution in [2.75, 3.05) is 13.7 Å². The number of fused-ring (bicyclic) bond motifs is 1. The molecule has 6 nitrogen and oxygen atoms in total. The van der Waals surface area contributed by atoms with Gasteiger partial charge in [0.05, 0.1) is 11.2 Å². The van der Waals surface area contributed by atoms with Gasteiger partial charge in [0.2, 0.25) is 0 Å². The fraction of sp³-hybridized carbons (Fsp3) is 0.529. The molecule has 1 aliphatic rings. The van der Waals surface area contributed by atoms with E-state index in [9.17, 15) is 5.11 Å². The van der Waals surface area contributed by atoms with Crippen molar-refractivity contribution in [3.05, 3.63) is 46.5 Å². The van der Waals surface area contributed by atoms with Gasteiger partial charge in [-0.25, -0.2) is 0 Å². The summed E-state index contributed by atoms with van der Waals surface area (Å²) in [6.07, 6.45) is 3.21. The summed E-state index contributed by atoms with van der Waals surface area (Å²) in [5, 5.41) is 15.9. The molecule has 6 heteroatoms. The van der Waals surface area contributed by atoms with Crippen molar-refractivity contribution in [1.82, 2.24) is 4.57 Å². The Morgan fingerprint density at radius 2 is 2.30 bits per heavy atom. The Balaban J connectivity index is 1.90. The average molecular weight is 314 g/mol. The highest BCUT2D eigenvalue weighted by Crippen LogP contribution is 2.44. The maximum atomic E-state index is 11.2. The molecule has 2 atom stereocenters. The van der Waals surface area contributed by atoms with Crippen LogP contribution >= 0.6 is 0 Å². The van der Waals surface area contributed by atoms with Crippen molar-refractivity contribution >= 4 is 10.9 Å². The van der Waals surface area contributed by atoms with E-state index >= 15 is 0 Å². The predicted molar refractivity (Wildman–Crippen MR) is 88.8 cm³/mol. The fourth-order valence-electron chi connectivity index (χ4n) is 3.75. The van der Waals surface area contributed by atoms with E-state index in [1.165, 1.54) is 0 Å². The molecule has 23 heavy (non-hydrogen) atoms. The topological polar surface area (TPSA) is 83.2 Å². The van der Waals surface area contributed by atoms with Crippen molar-refractivity contribution in [2.45, 2.75) is 38.0 Å². The van der Waals surface area contributed by atoms with Crippen LogP contribution in [0.4, 0.5) is 0 Å². The van der Waals surface area contributed by atoms with Crippen LogP contribution in [-0.2, 0) is 17.1 Å². The highest BCUT2D eigenvalue weighted by Gasteiger charge is 2.40. The van der Waals surface area contributed by atoms with Crippen LogP contribution in [0.5, 0.6) is 0 Å². The largest absolute Gasteiger partial charge is 0.384 e. The van der Waals surface area contributed by atoms with Crippen molar-refractivity contribution < 1.29 is 9.84 Å². The third-order valence-electron chi connectivity index (χ3n) is 4.84. The first-order valence-corrected chi connectivity index (χ1v) is 7.99. The number of aromatic nitrogens is 1. The van der Waals surface area contributed by atoms with Gasteiger partial charge in [0.15, 0.2) is 0 Å². The highest BCUT2D eigenvalue weighted by molar-refractivity contribution is 5.81. The lowest BCUT2D eigenvalue weighted by molar-refractivity contribution is 0.0238. The van der Waals surface area contributed by atoms with Gasteiger partial charge < -0.3 is 14.4 Å². The van der Waals surface area contributed by atoms with E-state index in [-0.39, 0.29) is 0 Å². The summed E-state index contributed by atoms with van der Waals surface area (Å²) in [5.41, 5.74) is 9.56. The lowest BCUT2D eigenvalue weighted by atomic mass is 9.95. The van der Waals surface area contributed by atoms with Crippen molar-refractivity contribution in [2.24, 2.45) is 11.0 Å². The maximum Gasteiger partial charge on any atom is 0.122 e. The van der Waals surface area contributed by atoms with Crippen LogP contribution in [0.15, 0.2) is 35.4 Å². The molecule has 0 aliphatic heterocycles. The van der Waals surface area contributed by atoms with E-state index in [1.807, 2.05) is 12.1 Å². The van der Waals surface area contributed by atoms with Gasteiger partial charge in [-0.3, -0.25) is 0 Å². The van der Waals surface area contributed by atoms with Crippen LogP contribution in [0.3, 0.4) is 0 Å². The number of aliphatic hydroxyl groups is 1. The third kappa shape index (κ3) is 3.06. The number of hydrogen-bond donors (Lipinski definition) is 1. The Bertz CT molecular complexity index is 735. The van der Waals surface area contributed by atoms with Gasteiger partial charge in [-0.2, -0.15) is 0 Å². The Labute approximate surface area is 135 Å². The van der Waals surface area contributed by atoms with Crippen molar-refractivity contribution in [3.8, 4) is 0 Å². The van der Waals surface area contributed by atoms with E-state index in [4.69, 9.17) is 10.3 Å². The predicted octanol–water partition coefficient (Wildman–Crippen LogP) is 3.93. The zero-order valence-corrected chi connectivity index (χ0v) is 13.4. The molecule has 1 aromatic carbocycles. The first kappa shape index (κ1) is 15.9. The number of methoxy groups -OCH3 is 1. The second kappa shape index (κ2) is 6.62. The summed E-state index contributed by atoms with van der Waals surface area (Å²) >= 11 is 0. The highest BCUT2D eigenvalue weighted by atomic mass is 16.5. The van der Waals surface area contributed by atoms with Gasteiger partial charge in [-0.15, -0.1) is 0 Å². The van der Waals surface area contributed by atoms with Crippen molar-refractivity contribution in [3.63, 3.8) is 0 Å². The molecule has 1 aliphatic carbocycles. The summed E-state index contributed by atoms with van der Waals surface area (Å²) in [7, 11) is 1.67. The zero-order valence-electron chi connectivity index (χ0n) is 13.4. The van der Waals surface area contributed by atoms with E-state index in [0.717, 1.165) is 35.9 Å². The lowest BCUT2D eigenvalue weighted by Crippen LogP contribution is -2.26. The second-order valence-electron chi connectivity index (χ2n) is 6.32. The molecule has 1 saturated carbocycles. The molecule has 1 heterocycles. The summed E-state index contributed by atoms with van der Waals surface area (Å²) < 4.78 is 7.40. The summed E-state index contributed by atoms with van der Waals surface area (Å²) in [6, 6.07) is 10.2. The molecule has 0 spiro atoms. The minimum Gasteiger partial charge on any atom is -0.384 e. The first-order chi connectivity index (χ1) is 11.2. The van der Waals surface area contributed by atoms with Crippen LogP contribution < -0.4 is 0 Å². The number of azide groups is 1. The van der Waals surface area contributed by atoms with E-state index < -0.39 is 5.60 Å². The van der Waals surface area contributed by atoms with Crippen molar-refractivity contribution in [1.29, 1.82) is 0 Å². The molecular weight excluding hydrogens is 292 g/mol. The third-order valence-corrected chi connectivity index (χ3v) is 4.84. The summed E-state index contributed by atoms with van der Waals surface area (Å²) in [6.45, 7) is 0.923. The van der Waals surface area contributed by atoms with Crippen LogP contribution in [0.1, 0.15) is 31.4 Å². The van der Waals surface area contributed by atoms with Crippen LogP contribution in [0.2, 0.25) is 0 Å². The Morgan fingerprint density at radius 3 is 3.09 bits per heavy atom. The van der Waals surface area contributed by atoms with Gasteiger partial charge in [0, 0.05) is 24.0 Å². The van der Waals surface area contributed by atoms with Gasteiger partial charge in [0.1, 0.15) is 12.3 Å². The monoisotopic (exact) mass is 314 g/mol. The van der Waals surface area contributed by atoms with Crippen LogP contribution in [-0.4, -0.2) is 23.3 Å². The fourth-order valence-corrected chi connectivity index (χ4v) is 3.75. The molecule has 0 bridgehead atoms. The lowest BCUT2D eigenvalue weighted by Gasteiger charge is -2.25. The van der Waals surface area contributed by atoms with Gasteiger partial charge in [0.25, 0.3) is 0 Å². The molecule has 2 unspecified atom stereocenters. The number of rotatable bonds is 6. The smallest absolute Gasteiger partial charge is 0.122 e. The molecule has 1 fully saturated rings. The first-order valence-electron chi connectivity index (χ1n) is 7.99. The number of benzene rings is 1. The normalized spacial score (nSPS) is 24.0. The molecule has 122 valence electrons. The maximum absolute atomic E-state index is 11.2. The molecule has 0 amide bonds. The standard InChI is InChI=1S/C17H22N4O2/c1-23-12-21-15-5-3-2-4-14(15)10-16(21)17(22)8-6-13(11-17)7-9-19-20-18/h2-5,10,13,22H,6-9,11-12H2,1H3. The Hall–Kier alpha value is -2.01. The molecule has 0 saturated heterocycles. The minimum absolute atomic E-state index is 0.388. The second-order valence-corrected chi connectivity index (χ2v) is 6.32. The SMILES string of the molecule is COCn1c(C2(O)CCC(CCN=[N+]=[N-])C2)cc2ccccc21. The molecule has 1 aromatic heterocycles. The number of nitrogens with zero attached hydrogens (tertiary/aromatic N) is 4. The summed E-state index contributed by atoms with van der Waals surface area (Å²) in [5.74, 6) is 0.388. The van der Waals surface area contributed by atoms with Gasteiger partial charge in [-0.05, 0) is 49.3 Å². The Morgan fingerprint density at radius 1 is 1.48 bits per heavy atom. The van der Waals surface area contributed by atoms with Crippen LogP contribution in [0.25, 0.3) is 21.3 Å². The number of hydrogen-bond acceptors (Lipinski definition) is 3. The summed E-state index contributed by atoms with van der Waals surface area (Å²) in [4.78, 5) is 2.80. The molecule has 2 aromatic rings. The van der Waals surface area contributed by atoms with E-state index in [2.05, 4.69) is 32.8 Å². The van der Waals surface area contributed by atoms with E-state index in [1.54, 1.807) is 7.11 Å².